The number of rotatable bonds is 6. The van der Waals surface area contributed by atoms with Gasteiger partial charge in [0.1, 0.15) is 5.82 Å². The Balaban J connectivity index is 1.91. The van der Waals surface area contributed by atoms with Crippen molar-refractivity contribution in [2.24, 2.45) is 0 Å². The number of carbonyl (C=O) groups is 1. The number of amides is 1. The van der Waals surface area contributed by atoms with Crippen LogP contribution in [0, 0.1) is 6.85 Å². The molecule has 1 aliphatic heterocycles. The van der Waals surface area contributed by atoms with Crippen molar-refractivity contribution in [3.63, 3.8) is 0 Å². The molecule has 0 radical (unpaired) electrons. The van der Waals surface area contributed by atoms with Crippen molar-refractivity contribution < 1.29 is 13.0 Å². The summed E-state index contributed by atoms with van der Waals surface area (Å²) in [5, 5.41) is 0.423. The first-order chi connectivity index (χ1) is 22.0. The van der Waals surface area contributed by atoms with Crippen LogP contribution in [0.1, 0.15) is 51.7 Å². The van der Waals surface area contributed by atoms with E-state index >= 15 is 0 Å². The third-order valence-electron chi connectivity index (χ3n) is 7.11. The molecule has 210 valence electrons. The van der Waals surface area contributed by atoms with Crippen LogP contribution < -0.4 is 10.6 Å². The van der Waals surface area contributed by atoms with Crippen LogP contribution in [0.5, 0.6) is 0 Å². The minimum absolute atomic E-state index is 0.00501. The average Bonchev–Trinajstić information content (AvgIpc) is 2.99. The molecule has 8 nitrogen and oxygen atoms in total. The zero-order valence-electron chi connectivity index (χ0n) is 29.0. The molecule has 4 heterocycles. The summed E-state index contributed by atoms with van der Waals surface area (Å²) in [5.41, 5.74) is 0.607. The van der Waals surface area contributed by atoms with E-state index in [1.165, 1.54) is 29.3 Å². The number of nitrogens with zero attached hydrogens (tertiary/aromatic N) is 6. The van der Waals surface area contributed by atoms with Crippen molar-refractivity contribution in [2.75, 3.05) is 24.5 Å². The lowest BCUT2D eigenvalue weighted by Crippen LogP contribution is -2.54. The number of aromatic nitrogens is 4. The Hall–Kier alpha value is -4.30. The van der Waals surface area contributed by atoms with Crippen LogP contribution in [0.4, 0.5) is 5.82 Å². The SMILES string of the molecule is [2H]C([2H])=Cc1ccccc1-c1nc2c(cc1Cl)c(N1CCN(C(=O)C=C)C[C@]1([2H])C)nc(=O)n2-c1c(C([2H])([2H])[2H])ccnc1C(C)C. The monoisotopic (exact) mass is 574 g/mol. The van der Waals surface area contributed by atoms with Gasteiger partial charge in [-0.05, 0) is 49.0 Å². The Labute approximate surface area is 253 Å². The van der Waals surface area contributed by atoms with Gasteiger partial charge in [-0.1, -0.05) is 68.9 Å². The molecule has 0 unspecified atom stereocenters. The predicted molar refractivity (Wildman–Crippen MR) is 166 cm³/mol. The summed E-state index contributed by atoms with van der Waals surface area (Å²) >= 11 is 6.91. The molecule has 1 atom stereocenters. The lowest BCUT2D eigenvalue weighted by Gasteiger charge is -2.40. The summed E-state index contributed by atoms with van der Waals surface area (Å²) in [4.78, 5) is 43.6. The number of aryl methyl sites for hydroxylation is 1. The van der Waals surface area contributed by atoms with Gasteiger partial charge in [-0.2, -0.15) is 4.98 Å². The summed E-state index contributed by atoms with van der Waals surface area (Å²) in [6.45, 7) is 6.11. The molecule has 0 bridgehead atoms. The first kappa shape index (κ1) is 21.4. The minimum atomic E-state index is -2.63. The molecule has 1 aliphatic rings. The molecule has 1 aromatic carbocycles. The maximum Gasteiger partial charge on any atom is 0.355 e. The van der Waals surface area contributed by atoms with Crippen LogP contribution in [0.25, 0.3) is 34.1 Å². The number of halogens is 1. The summed E-state index contributed by atoms with van der Waals surface area (Å²) in [6.07, 6.45) is 3.91. The van der Waals surface area contributed by atoms with Gasteiger partial charge in [0.05, 0.1) is 31.6 Å². The van der Waals surface area contributed by atoms with Crippen molar-refractivity contribution in [3.05, 3.63) is 94.1 Å². The Morgan fingerprint density at radius 2 is 2.07 bits per heavy atom. The van der Waals surface area contributed by atoms with E-state index in [0.29, 0.717) is 16.8 Å². The molecule has 1 saturated heterocycles. The molecule has 0 spiro atoms. The van der Waals surface area contributed by atoms with E-state index in [4.69, 9.17) is 23.4 Å². The molecule has 3 aromatic heterocycles. The third-order valence-corrected chi connectivity index (χ3v) is 7.40. The quantitative estimate of drug-likeness (QED) is 0.271. The second kappa shape index (κ2) is 11.3. The number of anilines is 1. The van der Waals surface area contributed by atoms with E-state index in [-0.39, 0.29) is 70.3 Å². The van der Waals surface area contributed by atoms with Crippen molar-refractivity contribution in [2.45, 2.75) is 39.6 Å². The Bertz CT molecular complexity index is 1990. The maximum atomic E-state index is 14.3. The predicted octanol–water partition coefficient (Wildman–Crippen LogP) is 5.79. The number of piperazine rings is 1. The summed E-state index contributed by atoms with van der Waals surface area (Å²) < 4.78 is 50.7. The van der Waals surface area contributed by atoms with E-state index in [9.17, 15) is 11.0 Å². The van der Waals surface area contributed by atoms with Gasteiger partial charge in [0.25, 0.3) is 0 Å². The second-order valence-corrected chi connectivity index (χ2v) is 10.5. The highest BCUT2D eigenvalue weighted by molar-refractivity contribution is 6.34. The van der Waals surface area contributed by atoms with Crippen molar-refractivity contribution in [3.8, 4) is 16.9 Å². The van der Waals surface area contributed by atoms with Crippen molar-refractivity contribution in [1.82, 2.24) is 24.4 Å². The fraction of sp³-hybridized carbons (Fsp3) is 0.281. The molecular formula is C32H33ClN6O2. The van der Waals surface area contributed by atoms with Crippen molar-refractivity contribution >= 4 is 40.4 Å². The molecule has 4 aromatic rings. The standard InChI is InChI=1S/C32H33ClN6O2/c1-7-22-11-9-10-12-23(22)28-25(33)17-24-30(38-16-15-37(18-21(38)6)26(40)8-2)36-32(41)39(31(24)35-28)29-20(5)13-14-34-27(29)19(3)4/h7-14,17,19,21H,1-2,15-16,18H2,3-6H3/t21-/m0/s1/i1D2,5D3,21D. The van der Waals surface area contributed by atoms with Gasteiger partial charge in [0, 0.05) is 41.5 Å². The largest absolute Gasteiger partial charge is 0.355 e. The molecular weight excluding hydrogens is 536 g/mol. The zero-order chi connectivity index (χ0) is 34.4. The van der Waals surface area contributed by atoms with Crippen molar-refractivity contribution in [1.29, 1.82) is 0 Å². The average molecular weight is 575 g/mol. The Kier molecular flexibility index (Phi) is 5.91. The second-order valence-electron chi connectivity index (χ2n) is 10.1. The maximum absolute atomic E-state index is 14.3. The first-order valence-corrected chi connectivity index (χ1v) is 13.5. The van der Waals surface area contributed by atoms with E-state index in [1.54, 1.807) is 42.2 Å². The van der Waals surface area contributed by atoms with Gasteiger partial charge in [0.2, 0.25) is 5.91 Å². The van der Waals surface area contributed by atoms with Gasteiger partial charge < -0.3 is 9.80 Å². The molecule has 0 saturated carbocycles. The van der Waals surface area contributed by atoms with Gasteiger partial charge in [-0.3, -0.25) is 9.78 Å². The number of hydrogen-bond donors (Lipinski definition) is 0. The first-order valence-electron chi connectivity index (χ1n) is 16.1. The molecule has 41 heavy (non-hydrogen) atoms. The van der Waals surface area contributed by atoms with Crippen LogP contribution in [0.2, 0.25) is 5.02 Å². The third kappa shape index (κ3) is 5.04. The number of hydrogen-bond acceptors (Lipinski definition) is 6. The van der Waals surface area contributed by atoms with Gasteiger partial charge >= 0.3 is 5.69 Å². The number of fused-ring (bicyclic) bond motifs is 1. The summed E-state index contributed by atoms with van der Waals surface area (Å²) in [6, 6.07) is 8.38. The number of carbonyl (C=O) groups excluding carboxylic acids is 1. The zero-order valence-corrected chi connectivity index (χ0v) is 23.7. The van der Waals surface area contributed by atoms with Gasteiger partial charge in [0.15, 0.2) is 5.65 Å². The highest BCUT2D eigenvalue weighted by Gasteiger charge is 2.30. The molecule has 9 heteroatoms. The summed E-state index contributed by atoms with van der Waals surface area (Å²) in [5.74, 6) is -0.522. The molecule has 1 fully saturated rings. The number of benzene rings is 1. The van der Waals surface area contributed by atoms with E-state index in [0.717, 1.165) is 4.57 Å². The van der Waals surface area contributed by atoms with Crippen LogP contribution in [-0.4, -0.2) is 56.0 Å². The van der Waals surface area contributed by atoms with Crippen LogP contribution >= 0.6 is 11.6 Å². The minimum Gasteiger partial charge on any atom is -0.350 e. The molecule has 0 aliphatic carbocycles. The van der Waals surface area contributed by atoms with Crippen LogP contribution in [-0.2, 0) is 4.79 Å². The molecule has 1 amide bonds. The fourth-order valence-electron chi connectivity index (χ4n) is 5.12. The fourth-order valence-corrected chi connectivity index (χ4v) is 5.38. The smallest absolute Gasteiger partial charge is 0.350 e. The lowest BCUT2D eigenvalue weighted by molar-refractivity contribution is -0.126. The number of pyridine rings is 2. The van der Waals surface area contributed by atoms with Gasteiger partial charge in [-0.25, -0.2) is 14.3 Å². The topological polar surface area (TPSA) is 84.2 Å². The van der Waals surface area contributed by atoms with Gasteiger partial charge in [-0.15, -0.1) is 0 Å². The van der Waals surface area contributed by atoms with E-state index in [1.807, 2.05) is 13.8 Å². The highest BCUT2D eigenvalue weighted by atomic mass is 35.5. The Morgan fingerprint density at radius 3 is 2.78 bits per heavy atom. The Morgan fingerprint density at radius 1 is 1.27 bits per heavy atom. The van der Waals surface area contributed by atoms with E-state index in [2.05, 4.69) is 16.5 Å². The lowest BCUT2D eigenvalue weighted by atomic mass is 10.0. The van der Waals surface area contributed by atoms with Crippen LogP contribution in [0.15, 0.2) is 66.6 Å². The van der Waals surface area contributed by atoms with Crippen LogP contribution in [0.3, 0.4) is 0 Å². The van der Waals surface area contributed by atoms with E-state index < -0.39 is 25.1 Å². The molecule has 0 N–H and O–H groups in total. The highest BCUT2D eigenvalue weighted by Crippen LogP contribution is 2.36. The normalized spacial score (nSPS) is 19.5. The molecule has 5 rings (SSSR count). The summed E-state index contributed by atoms with van der Waals surface area (Å²) in [7, 11) is 0.